The molecule has 2 rings (SSSR count). The van der Waals surface area contributed by atoms with Gasteiger partial charge in [-0.25, -0.2) is 4.98 Å². The zero-order chi connectivity index (χ0) is 13.8. The Morgan fingerprint density at radius 3 is 2.79 bits per heavy atom. The molecule has 0 spiro atoms. The minimum Gasteiger partial charge on any atom is -0.493 e. The quantitative estimate of drug-likeness (QED) is 0.833. The number of ether oxygens (including phenoxy) is 2. The number of methoxy groups -OCH3 is 1. The van der Waals surface area contributed by atoms with E-state index < -0.39 is 0 Å². The second kappa shape index (κ2) is 5.73. The summed E-state index contributed by atoms with van der Waals surface area (Å²) in [5, 5.41) is 9.19. The fourth-order valence-corrected chi connectivity index (χ4v) is 1.56. The number of benzene rings is 1. The van der Waals surface area contributed by atoms with E-state index in [0.29, 0.717) is 17.1 Å². The predicted molar refractivity (Wildman–Crippen MR) is 70.4 cm³/mol. The molecule has 0 fully saturated rings. The van der Waals surface area contributed by atoms with Crippen LogP contribution in [0.5, 0.6) is 17.4 Å². The molecular weight excluding hydrogens is 270 g/mol. The number of rotatable bonds is 4. The van der Waals surface area contributed by atoms with E-state index in [-0.39, 0.29) is 23.3 Å². The summed E-state index contributed by atoms with van der Waals surface area (Å²) in [7, 11) is 1.50. The van der Waals surface area contributed by atoms with Crippen LogP contribution < -0.4 is 15.2 Å². The number of anilines is 1. The molecule has 100 valence electrons. The zero-order valence-electron chi connectivity index (χ0n) is 10.1. The fraction of sp³-hybridized carbons (Fsp3) is 0.167. The summed E-state index contributed by atoms with van der Waals surface area (Å²) in [5.74, 6) is 1.02. The van der Waals surface area contributed by atoms with Crippen molar-refractivity contribution < 1.29 is 14.6 Å². The van der Waals surface area contributed by atoms with Crippen molar-refractivity contribution in [2.24, 2.45) is 0 Å². The second-order valence-corrected chi connectivity index (χ2v) is 3.99. The Kier molecular flexibility index (Phi) is 4.03. The lowest BCUT2D eigenvalue weighted by atomic mass is 10.2. The van der Waals surface area contributed by atoms with Crippen molar-refractivity contribution >= 4 is 17.3 Å². The Hall–Kier alpha value is -2.05. The standard InChI is InChI=1S/C12H12ClN3O3/c1-18-9-4-7(5-17)2-3-8(9)19-12-10(14)11(13)15-6-16-12/h2-4,6,17H,5,14H2,1H3. The van der Waals surface area contributed by atoms with Gasteiger partial charge in [-0.05, 0) is 17.7 Å². The Morgan fingerprint density at radius 1 is 1.32 bits per heavy atom. The molecule has 0 unspecified atom stereocenters. The number of aliphatic hydroxyl groups is 1. The number of halogens is 1. The molecule has 0 atom stereocenters. The fourth-order valence-electron chi connectivity index (χ4n) is 1.44. The van der Waals surface area contributed by atoms with Gasteiger partial charge in [0.2, 0.25) is 5.88 Å². The maximum absolute atomic E-state index is 9.06. The molecular formula is C12H12ClN3O3. The third-order valence-electron chi connectivity index (χ3n) is 2.42. The Bertz CT molecular complexity index is 592. The van der Waals surface area contributed by atoms with Gasteiger partial charge in [-0.2, -0.15) is 4.98 Å². The Labute approximate surface area is 114 Å². The molecule has 0 bridgehead atoms. The molecule has 3 N–H and O–H groups in total. The monoisotopic (exact) mass is 281 g/mol. The lowest BCUT2D eigenvalue weighted by Crippen LogP contribution is -1.99. The van der Waals surface area contributed by atoms with Crippen LogP contribution in [0.25, 0.3) is 0 Å². The molecule has 0 saturated heterocycles. The van der Waals surface area contributed by atoms with Crippen LogP contribution >= 0.6 is 11.6 Å². The van der Waals surface area contributed by atoms with E-state index in [4.69, 9.17) is 31.9 Å². The third-order valence-corrected chi connectivity index (χ3v) is 2.72. The molecule has 0 saturated carbocycles. The summed E-state index contributed by atoms with van der Waals surface area (Å²) in [6, 6.07) is 5.02. The molecule has 1 aromatic carbocycles. The topological polar surface area (TPSA) is 90.5 Å². The van der Waals surface area contributed by atoms with E-state index in [9.17, 15) is 0 Å². The molecule has 7 heteroatoms. The zero-order valence-corrected chi connectivity index (χ0v) is 10.9. The van der Waals surface area contributed by atoms with Gasteiger partial charge >= 0.3 is 0 Å². The molecule has 0 radical (unpaired) electrons. The van der Waals surface area contributed by atoms with Crippen molar-refractivity contribution in [1.29, 1.82) is 0 Å². The van der Waals surface area contributed by atoms with Gasteiger partial charge in [0.05, 0.1) is 13.7 Å². The lowest BCUT2D eigenvalue weighted by Gasteiger charge is -2.12. The van der Waals surface area contributed by atoms with E-state index in [1.54, 1.807) is 18.2 Å². The SMILES string of the molecule is COc1cc(CO)ccc1Oc1ncnc(Cl)c1N. The van der Waals surface area contributed by atoms with Gasteiger partial charge < -0.3 is 20.3 Å². The van der Waals surface area contributed by atoms with Crippen molar-refractivity contribution in [2.45, 2.75) is 6.61 Å². The number of nitrogens with zero attached hydrogens (tertiary/aromatic N) is 2. The molecule has 0 aliphatic heterocycles. The van der Waals surface area contributed by atoms with E-state index in [1.165, 1.54) is 13.4 Å². The maximum atomic E-state index is 9.06. The summed E-state index contributed by atoms with van der Waals surface area (Å²) in [6.07, 6.45) is 1.25. The highest BCUT2D eigenvalue weighted by Crippen LogP contribution is 2.35. The van der Waals surface area contributed by atoms with Gasteiger partial charge in [0.25, 0.3) is 0 Å². The van der Waals surface area contributed by atoms with Crippen molar-refractivity contribution in [3.8, 4) is 17.4 Å². The largest absolute Gasteiger partial charge is 0.493 e. The first-order chi connectivity index (χ1) is 9.15. The number of aromatic nitrogens is 2. The van der Waals surface area contributed by atoms with Crippen LogP contribution in [0.3, 0.4) is 0 Å². The van der Waals surface area contributed by atoms with Crippen molar-refractivity contribution in [1.82, 2.24) is 9.97 Å². The number of hydrogen-bond donors (Lipinski definition) is 2. The number of aliphatic hydroxyl groups excluding tert-OH is 1. The minimum atomic E-state index is -0.0852. The van der Waals surface area contributed by atoms with Crippen molar-refractivity contribution in [3.63, 3.8) is 0 Å². The minimum absolute atomic E-state index is 0.0852. The summed E-state index contributed by atoms with van der Waals surface area (Å²) in [4.78, 5) is 7.64. The van der Waals surface area contributed by atoms with Gasteiger partial charge in [-0.3, -0.25) is 0 Å². The van der Waals surface area contributed by atoms with E-state index in [1.807, 2.05) is 0 Å². The summed E-state index contributed by atoms with van der Waals surface area (Å²) in [5.41, 5.74) is 6.57. The highest BCUT2D eigenvalue weighted by Gasteiger charge is 2.12. The number of nitrogen functional groups attached to an aromatic ring is 1. The van der Waals surface area contributed by atoms with Crippen LogP contribution in [0.2, 0.25) is 5.15 Å². The smallest absolute Gasteiger partial charge is 0.247 e. The average Bonchev–Trinajstić information content (AvgIpc) is 2.44. The molecule has 0 amide bonds. The van der Waals surface area contributed by atoms with Gasteiger partial charge in [-0.15, -0.1) is 0 Å². The van der Waals surface area contributed by atoms with Gasteiger partial charge in [0, 0.05) is 0 Å². The Balaban J connectivity index is 2.35. The van der Waals surface area contributed by atoms with E-state index >= 15 is 0 Å². The molecule has 0 aliphatic carbocycles. The van der Waals surface area contributed by atoms with Crippen LogP contribution in [0, 0.1) is 0 Å². The molecule has 1 aromatic heterocycles. The lowest BCUT2D eigenvalue weighted by molar-refractivity contribution is 0.280. The molecule has 0 aliphatic rings. The first kappa shape index (κ1) is 13.4. The van der Waals surface area contributed by atoms with Gasteiger partial charge in [-0.1, -0.05) is 17.7 Å². The van der Waals surface area contributed by atoms with Gasteiger partial charge in [0.1, 0.15) is 12.0 Å². The Morgan fingerprint density at radius 2 is 2.11 bits per heavy atom. The average molecular weight is 282 g/mol. The highest BCUT2D eigenvalue weighted by atomic mass is 35.5. The van der Waals surface area contributed by atoms with E-state index in [0.717, 1.165) is 0 Å². The van der Waals surface area contributed by atoms with Crippen LogP contribution in [-0.2, 0) is 6.61 Å². The molecule has 19 heavy (non-hydrogen) atoms. The van der Waals surface area contributed by atoms with Crippen molar-refractivity contribution in [3.05, 3.63) is 35.2 Å². The maximum Gasteiger partial charge on any atom is 0.247 e. The highest BCUT2D eigenvalue weighted by molar-refractivity contribution is 6.32. The first-order valence-corrected chi connectivity index (χ1v) is 5.75. The first-order valence-electron chi connectivity index (χ1n) is 5.37. The normalized spacial score (nSPS) is 10.3. The summed E-state index contributed by atoms with van der Waals surface area (Å²) < 4.78 is 10.7. The molecule has 6 nitrogen and oxygen atoms in total. The predicted octanol–water partition coefficient (Wildman–Crippen LogP) is 2.01. The molecule has 1 heterocycles. The molecule has 2 aromatic rings. The van der Waals surface area contributed by atoms with Crippen LogP contribution in [0.15, 0.2) is 24.5 Å². The number of nitrogens with two attached hydrogens (primary N) is 1. The summed E-state index contributed by atoms with van der Waals surface area (Å²) in [6.45, 7) is -0.0852. The second-order valence-electron chi connectivity index (χ2n) is 3.63. The van der Waals surface area contributed by atoms with Crippen LogP contribution in [-0.4, -0.2) is 22.2 Å². The third kappa shape index (κ3) is 2.86. The van der Waals surface area contributed by atoms with Crippen LogP contribution in [0.4, 0.5) is 5.69 Å². The van der Waals surface area contributed by atoms with Crippen molar-refractivity contribution in [2.75, 3.05) is 12.8 Å². The number of hydrogen-bond acceptors (Lipinski definition) is 6. The van der Waals surface area contributed by atoms with Gasteiger partial charge in [0.15, 0.2) is 16.7 Å². The van der Waals surface area contributed by atoms with E-state index in [2.05, 4.69) is 9.97 Å². The van der Waals surface area contributed by atoms with Crippen LogP contribution in [0.1, 0.15) is 5.56 Å². The summed E-state index contributed by atoms with van der Waals surface area (Å²) >= 11 is 5.78.